The molecule has 0 aromatic carbocycles. The Hall–Kier alpha value is -0.720. The van der Waals surface area contributed by atoms with Crippen LogP contribution in [0.1, 0.15) is 24.8 Å². The molecule has 0 amide bonds. The summed E-state index contributed by atoms with van der Waals surface area (Å²) >= 11 is 5.03. The van der Waals surface area contributed by atoms with Crippen molar-refractivity contribution >= 4 is 27.3 Å². The summed E-state index contributed by atoms with van der Waals surface area (Å²) in [5, 5.41) is 7.35. The van der Waals surface area contributed by atoms with Crippen molar-refractivity contribution in [1.29, 1.82) is 0 Å². The zero-order chi connectivity index (χ0) is 11.0. The van der Waals surface area contributed by atoms with E-state index in [0.717, 1.165) is 21.6 Å². The lowest BCUT2D eigenvalue weighted by molar-refractivity contribution is 0.345. The van der Waals surface area contributed by atoms with Crippen LogP contribution in [0.3, 0.4) is 0 Å². The molecular formula is C10H10BrN3OS. The molecular weight excluding hydrogens is 290 g/mol. The van der Waals surface area contributed by atoms with E-state index in [2.05, 4.69) is 31.4 Å². The van der Waals surface area contributed by atoms with E-state index < -0.39 is 0 Å². The highest BCUT2D eigenvalue weighted by molar-refractivity contribution is 9.11. The molecule has 2 aromatic heterocycles. The first-order valence-electron chi connectivity index (χ1n) is 5.15. The molecule has 1 N–H and O–H groups in total. The third kappa shape index (κ3) is 1.92. The Kier molecular flexibility index (Phi) is 2.79. The van der Waals surface area contributed by atoms with Crippen molar-refractivity contribution < 1.29 is 4.52 Å². The van der Waals surface area contributed by atoms with Gasteiger partial charge >= 0.3 is 0 Å². The van der Waals surface area contributed by atoms with Gasteiger partial charge in [0.25, 0.3) is 0 Å². The molecule has 0 saturated carbocycles. The molecule has 1 aliphatic heterocycles. The van der Waals surface area contributed by atoms with Crippen LogP contribution in [0.4, 0.5) is 0 Å². The van der Waals surface area contributed by atoms with Crippen molar-refractivity contribution in [1.82, 2.24) is 15.5 Å². The number of hydrogen-bond donors (Lipinski definition) is 1. The van der Waals surface area contributed by atoms with E-state index in [-0.39, 0.29) is 6.04 Å². The van der Waals surface area contributed by atoms with Gasteiger partial charge in [0.1, 0.15) is 0 Å². The first kappa shape index (κ1) is 10.4. The molecule has 1 saturated heterocycles. The summed E-state index contributed by atoms with van der Waals surface area (Å²) < 4.78 is 6.36. The maximum Gasteiger partial charge on any atom is 0.244 e. The van der Waals surface area contributed by atoms with Crippen molar-refractivity contribution in [2.24, 2.45) is 0 Å². The Labute approximate surface area is 105 Å². The molecule has 84 valence electrons. The summed E-state index contributed by atoms with van der Waals surface area (Å²) in [5.74, 6) is 1.39. The molecule has 6 heteroatoms. The molecule has 0 bridgehead atoms. The number of nitrogens with one attached hydrogen (secondary N) is 1. The van der Waals surface area contributed by atoms with Crippen molar-refractivity contribution in [2.45, 2.75) is 18.9 Å². The second-order valence-electron chi connectivity index (χ2n) is 3.71. The number of thiophene rings is 1. The van der Waals surface area contributed by atoms with Gasteiger partial charge in [-0.2, -0.15) is 4.98 Å². The van der Waals surface area contributed by atoms with Gasteiger partial charge in [0.05, 0.1) is 14.7 Å². The summed E-state index contributed by atoms with van der Waals surface area (Å²) in [6.45, 7) is 1.03. The molecule has 16 heavy (non-hydrogen) atoms. The van der Waals surface area contributed by atoms with E-state index in [1.807, 2.05) is 12.1 Å². The fourth-order valence-electron chi connectivity index (χ4n) is 1.81. The first-order valence-corrected chi connectivity index (χ1v) is 6.76. The van der Waals surface area contributed by atoms with E-state index >= 15 is 0 Å². The van der Waals surface area contributed by atoms with Crippen LogP contribution in [0.5, 0.6) is 0 Å². The molecule has 3 rings (SSSR count). The minimum absolute atomic E-state index is 0.240. The predicted molar refractivity (Wildman–Crippen MR) is 65.3 cm³/mol. The molecule has 0 aliphatic carbocycles. The molecule has 1 aliphatic rings. The van der Waals surface area contributed by atoms with Gasteiger partial charge in [-0.05, 0) is 47.4 Å². The van der Waals surface area contributed by atoms with Gasteiger partial charge < -0.3 is 9.84 Å². The molecule has 1 fully saturated rings. The number of halogens is 1. The van der Waals surface area contributed by atoms with Crippen molar-refractivity contribution in [3.05, 3.63) is 21.8 Å². The molecule has 1 unspecified atom stereocenters. The van der Waals surface area contributed by atoms with Crippen molar-refractivity contribution in [3.63, 3.8) is 0 Å². The van der Waals surface area contributed by atoms with Gasteiger partial charge in [-0.25, -0.2) is 0 Å². The lowest BCUT2D eigenvalue weighted by Gasteiger charge is -2.01. The monoisotopic (exact) mass is 299 g/mol. The number of nitrogens with zero attached hydrogens (tertiary/aromatic N) is 2. The molecule has 1 atom stereocenters. The Morgan fingerprint density at radius 2 is 2.44 bits per heavy atom. The summed E-state index contributed by atoms with van der Waals surface area (Å²) in [4.78, 5) is 5.45. The van der Waals surface area contributed by atoms with Crippen LogP contribution in [0.25, 0.3) is 10.7 Å². The average Bonchev–Trinajstić information content (AvgIpc) is 2.97. The smallest absolute Gasteiger partial charge is 0.244 e. The lowest BCUT2D eigenvalue weighted by Crippen LogP contribution is -2.12. The number of rotatable bonds is 2. The first-order chi connectivity index (χ1) is 7.83. The second kappa shape index (κ2) is 4.27. The minimum Gasteiger partial charge on any atom is -0.337 e. The van der Waals surface area contributed by atoms with E-state index in [0.29, 0.717) is 11.7 Å². The molecule has 3 heterocycles. The normalized spacial score (nSPS) is 20.4. The highest BCUT2D eigenvalue weighted by Gasteiger charge is 2.22. The number of aromatic nitrogens is 2. The van der Waals surface area contributed by atoms with E-state index in [4.69, 9.17) is 4.52 Å². The maximum atomic E-state index is 5.28. The SMILES string of the molecule is Brc1ccc(-c2noc(C3CCCN3)n2)s1. The molecule has 4 nitrogen and oxygen atoms in total. The van der Waals surface area contributed by atoms with Crippen LogP contribution in [0.2, 0.25) is 0 Å². The van der Waals surface area contributed by atoms with Gasteiger partial charge in [0.2, 0.25) is 11.7 Å². The molecule has 2 aromatic rings. The van der Waals surface area contributed by atoms with E-state index in [1.165, 1.54) is 6.42 Å². The highest BCUT2D eigenvalue weighted by Crippen LogP contribution is 2.30. The summed E-state index contributed by atoms with van der Waals surface area (Å²) in [7, 11) is 0. The van der Waals surface area contributed by atoms with Gasteiger partial charge in [-0.1, -0.05) is 5.16 Å². The van der Waals surface area contributed by atoms with Crippen LogP contribution in [0.15, 0.2) is 20.4 Å². The highest BCUT2D eigenvalue weighted by atomic mass is 79.9. The van der Waals surface area contributed by atoms with E-state index in [9.17, 15) is 0 Å². The Morgan fingerprint density at radius 1 is 1.50 bits per heavy atom. The van der Waals surface area contributed by atoms with Crippen LogP contribution in [-0.2, 0) is 0 Å². The standard InChI is InChI=1S/C10H10BrN3OS/c11-8-4-3-7(16-8)9-13-10(15-14-9)6-2-1-5-12-6/h3-4,6,12H,1-2,5H2. The van der Waals surface area contributed by atoms with Gasteiger partial charge in [0, 0.05) is 0 Å². The fourth-order valence-corrected chi connectivity index (χ4v) is 3.12. The lowest BCUT2D eigenvalue weighted by atomic mass is 10.2. The zero-order valence-electron chi connectivity index (χ0n) is 8.44. The van der Waals surface area contributed by atoms with Gasteiger partial charge in [-0.15, -0.1) is 11.3 Å². The van der Waals surface area contributed by atoms with Crippen LogP contribution < -0.4 is 5.32 Å². The zero-order valence-corrected chi connectivity index (χ0v) is 10.8. The minimum atomic E-state index is 0.240. The Bertz CT molecular complexity index is 490. The largest absolute Gasteiger partial charge is 0.337 e. The Morgan fingerprint density at radius 3 is 3.12 bits per heavy atom. The predicted octanol–water partition coefficient (Wildman–Crippen LogP) is 2.99. The Balaban J connectivity index is 1.87. The average molecular weight is 300 g/mol. The van der Waals surface area contributed by atoms with Crippen LogP contribution >= 0.6 is 27.3 Å². The van der Waals surface area contributed by atoms with Gasteiger partial charge in [0.15, 0.2) is 0 Å². The van der Waals surface area contributed by atoms with Crippen molar-refractivity contribution in [2.75, 3.05) is 6.54 Å². The summed E-state index contributed by atoms with van der Waals surface area (Å²) in [5.41, 5.74) is 0. The fraction of sp³-hybridized carbons (Fsp3) is 0.400. The quantitative estimate of drug-likeness (QED) is 0.926. The van der Waals surface area contributed by atoms with Crippen LogP contribution in [0, 0.1) is 0 Å². The second-order valence-corrected chi connectivity index (χ2v) is 6.17. The third-order valence-electron chi connectivity index (χ3n) is 2.59. The van der Waals surface area contributed by atoms with Crippen LogP contribution in [-0.4, -0.2) is 16.7 Å². The van der Waals surface area contributed by atoms with E-state index in [1.54, 1.807) is 11.3 Å². The number of hydrogen-bond acceptors (Lipinski definition) is 5. The maximum absolute atomic E-state index is 5.28. The molecule has 0 spiro atoms. The van der Waals surface area contributed by atoms with Gasteiger partial charge in [-0.3, -0.25) is 0 Å². The van der Waals surface area contributed by atoms with Crippen molar-refractivity contribution in [3.8, 4) is 10.7 Å². The topological polar surface area (TPSA) is 51.0 Å². The molecule has 0 radical (unpaired) electrons. The third-order valence-corrected chi connectivity index (χ3v) is 4.21. The summed E-state index contributed by atoms with van der Waals surface area (Å²) in [6, 6.07) is 4.22. The summed E-state index contributed by atoms with van der Waals surface area (Å²) in [6.07, 6.45) is 2.25.